The number of carbonyl (C=O) groups excluding carboxylic acids is 1. The molecule has 1 amide bonds. The number of carbonyl (C=O) groups is 1. The average molecular weight is 422 g/mol. The highest BCUT2D eigenvalue weighted by molar-refractivity contribution is 7.13. The first-order valence-electron chi connectivity index (χ1n) is 9.11. The van der Waals surface area contributed by atoms with E-state index in [1.165, 1.54) is 28.2 Å². The quantitative estimate of drug-likeness (QED) is 0.563. The van der Waals surface area contributed by atoms with Gasteiger partial charge >= 0.3 is 6.18 Å². The maximum atomic E-state index is 13.2. The molecular weight excluding hydrogens is 401 g/mol. The Kier molecular flexibility index (Phi) is 5.79. The number of thiophene rings is 1. The van der Waals surface area contributed by atoms with E-state index in [4.69, 9.17) is 0 Å². The molecule has 154 valence electrons. The van der Waals surface area contributed by atoms with E-state index in [-0.39, 0.29) is 29.5 Å². The van der Waals surface area contributed by atoms with E-state index in [0.29, 0.717) is 10.7 Å². The monoisotopic (exact) mass is 422 g/mol. The lowest BCUT2D eigenvalue weighted by atomic mass is 10.2. The smallest absolute Gasteiger partial charge is 0.331 e. The Morgan fingerprint density at radius 2 is 1.79 bits per heavy atom. The molecule has 0 spiro atoms. The fourth-order valence-corrected chi connectivity index (χ4v) is 3.84. The van der Waals surface area contributed by atoms with Gasteiger partial charge in [-0.2, -0.15) is 13.2 Å². The molecule has 0 bridgehead atoms. The van der Waals surface area contributed by atoms with Crippen LogP contribution in [0.5, 0.6) is 0 Å². The van der Waals surface area contributed by atoms with Gasteiger partial charge in [-0.1, -0.05) is 12.1 Å². The van der Waals surface area contributed by atoms with E-state index in [9.17, 15) is 18.0 Å². The van der Waals surface area contributed by atoms with Crippen molar-refractivity contribution in [1.82, 2.24) is 19.7 Å². The first-order chi connectivity index (χ1) is 13.6. The van der Waals surface area contributed by atoms with Crippen molar-refractivity contribution in [2.24, 2.45) is 0 Å². The number of hydrogen-bond donors (Lipinski definition) is 0. The van der Waals surface area contributed by atoms with Gasteiger partial charge in [0.15, 0.2) is 5.82 Å². The summed E-state index contributed by atoms with van der Waals surface area (Å²) in [6.07, 6.45) is -4.48. The van der Waals surface area contributed by atoms with Crippen LogP contribution in [0.1, 0.15) is 43.9 Å². The lowest BCUT2D eigenvalue weighted by Gasteiger charge is -2.29. The fraction of sp³-hybridized carbons (Fsp3) is 0.350. The highest BCUT2D eigenvalue weighted by Crippen LogP contribution is 2.32. The number of hydrogen-bond acceptors (Lipinski definition) is 4. The second kappa shape index (κ2) is 7.98. The standard InChI is InChI=1S/C20H21F3N4OS/c1-12(2)26(13(3)4)19(28)17-24-18(16-9-6-10-29-16)27(25-17)15-8-5-7-14(11-15)20(21,22)23/h5-13H,1-4H3. The highest BCUT2D eigenvalue weighted by Gasteiger charge is 2.31. The summed E-state index contributed by atoms with van der Waals surface area (Å²) in [5.74, 6) is -0.0816. The van der Waals surface area contributed by atoms with E-state index in [1.807, 2.05) is 33.1 Å². The molecule has 29 heavy (non-hydrogen) atoms. The molecule has 0 saturated carbocycles. The van der Waals surface area contributed by atoms with Gasteiger partial charge in [-0.05, 0) is 57.3 Å². The first kappa shape index (κ1) is 21.0. The fourth-order valence-electron chi connectivity index (χ4n) is 3.14. The molecule has 5 nitrogen and oxygen atoms in total. The molecule has 2 heterocycles. The van der Waals surface area contributed by atoms with Crippen molar-refractivity contribution in [1.29, 1.82) is 0 Å². The van der Waals surface area contributed by atoms with Crippen LogP contribution in [0.2, 0.25) is 0 Å². The molecule has 0 saturated heterocycles. The van der Waals surface area contributed by atoms with Crippen LogP contribution in [-0.2, 0) is 6.18 Å². The van der Waals surface area contributed by atoms with Crippen LogP contribution in [0.3, 0.4) is 0 Å². The van der Waals surface area contributed by atoms with Gasteiger partial charge in [0.2, 0.25) is 5.82 Å². The van der Waals surface area contributed by atoms with Crippen LogP contribution in [0.15, 0.2) is 41.8 Å². The SMILES string of the molecule is CC(C)N(C(=O)c1nc(-c2cccs2)n(-c2cccc(C(F)(F)F)c2)n1)C(C)C. The highest BCUT2D eigenvalue weighted by atomic mass is 32.1. The molecule has 1 aromatic carbocycles. The van der Waals surface area contributed by atoms with E-state index >= 15 is 0 Å². The van der Waals surface area contributed by atoms with Crippen LogP contribution in [0.25, 0.3) is 16.4 Å². The predicted molar refractivity (Wildman–Crippen MR) is 106 cm³/mol. The van der Waals surface area contributed by atoms with E-state index in [1.54, 1.807) is 17.0 Å². The zero-order valence-corrected chi connectivity index (χ0v) is 17.3. The molecule has 3 aromatic rings. The summed E-state index contributed by atoms with van der Waals surface area (Å²) >= 11 is 1.37. The number of benzene rings is 1. The minimum absolute atomic E-state index is 0.0480. The number of rotatable bonds is 5. The van der Waals surface area contributed by atoms with Crippen molar-refractivity contribution in [3.05, 3.63) is 53.2 Å². The largest absolute Gasteiger partial charge is 0.416 e. The Labute approximate surface area is 170 Å². The van der Waals surface area contributed by atoms with Crippen molar-refractivity contribution < 1.29 is 18.0 Å². The summed E-state index contributed by atoms with van der Waals surface area (Å²) in [6, 6.07) is 8.27. The van der Waals surface area contributed by atoms with E-state index in [2.05, 4.69) is 10.1 Å². The molecule has 0 N–H and O–H groups in total. The van der Waals surface area contributed by atoms with Crippen LogP contribution >= 0.6 is 11.3 Å². The second-order valence-corrected chi connectivity index (χ2v) is 8.04. The third-order valence-electron chi connectivity index (χ3n) is 4.31. The Morgan fingerprint density at radius 3 is 2.34 bits per heavy atom. The van der Waals surface area contributed by atoms with Gasteiger partial charge < -0.3 is 4.90 Å². The van der Waals surface area contributed by atoms with Crippen molar-refractivity contribution in [3.8, 4) is 16.4 Å². The zero-order chi connectivity index (χ0) is 21.3. The van der Waals surface area contributed by atoms with E-state index in [0.717, 1.165) is 12.1 Å². The summed E-state index contributed by atoms with van der Waals surface area (Å²) in [6.45, 7) is 7.56. The number of halogens is 3. The Hall–Kier alpha value is -2.68. The third-order valence-corrected chi connectivity index (χ3v) is 5.17. The van der Waals surface area contributed by atoms with Crippen molar-refractivity contribution in [3.63, 3.8) is 0 Å². The summed E-state index contributed by atoms with van der Waals surface area (Å²) < 4.78 is 40.8. The number of aromatic nitrogens is 3. The van der Waals surface area contributed by atoms with Gasteiger partial charge in [0.05, 0.1) is 16.1 Å². The minimum atomic E-state index is -4.48. The molecule has 3 rings (SSSR count). The summed E-state index contributed by atoms with van der Waals surface area (Å²) in [7, 11) is 0. The van der Waals surface area contributed by atoms with Crippen molar-refractivity contribution >= 4 is 17.2 Å². The van der Waals surface area contributed by atoms with Crippen LogP contribution in [0, 0.1) is 0 Å². The zero-order valence-electron chi connectivity index (χ0n) is 16.4. The van der Waals surface area contributed by atoms with Gasteiger partial charge in [-0.15, -0.1) is 16.4 Å². The topological polar surface area (TPSA) is 51.0 Å². The summed E-state index contributed by atoms with van der Waals surface area (Å²) in [5, 5.41) is 6.13. The van der Waals surface area contributed by atoms with Crippen LogP contribution < -0.4 is 0 Å². The van der Waals surface area contributed by atoms with E-state index < -0.39 is 11.7 Å². The second-order valence-electron chi connectivity index (χ2n) is 7.10. The van der Waals surface area contributed by atoms with Crippen LogP contribution in [-0.4, -0.2) is 37.7 Å². The minimum Gasteiger partial charge on any atom is -0.331 e. The maximum absolute atomic E-state index is 13.2. The molecule has 2 aromatic heterocycles. The first-order valence-corrected chi connectivity index (χ1v) is 9.98. The number of alkyl halides is 3. The van der Waals surface area contributed by atoms with Gasteiger partial charge in [0.1, 0.15) is 0 Å². The Bertz CT molecular complexity index is 986. The molecule has 0 atom stereocenters. The van der Waals surface area contributed by atoms with Gasteiger partial charge in [0, 0.05) is 12.1 Å². The molecule has 9 heteroatoms. The van der Waals surface area contributed by atoms with Gasteiger partial charge in [-0.3, -0.25) is 4.79 Å². The molecule has 0 aliphatic carbocycles. The van der Waals surface area contributed by atoms with Crippen LogP contribution in [0.4, 0.5) is 13.2 Å². The Balaban J connectivity index is 2.14. The third kappa shape index (κ3) is 4.34. The molecular formula is C20H21F3N4OS. The average Bonchev–Trinajstić information content (AvgIpc) is 3.30. The Morgan fingerprint density at radius 1 is 1.10 bits per heavy atom. The maximum Gasteiger partial charge on any atom is 0.416 e. The van der Waals surface area contributed by atoms with Crippen molar-refractivity contribution in [2.75, 3.05) is 0 Å². The van der Waals surface area contributed by atoms with Gasteiger partial charge in [0.25, 0.3) is 5.91 Å². The predicted octanol–water partition coefficient (Wildman–Crippen LogP) is 5.27. The molecule has 0 fully saturated rings. The summed E-state index contributed by atoms with van der Waals surface area (Å²) in [4.78, 5) is 19.8. The molecule has 0 aliphatic rings. The molecule has 0 radical (unpaired) electrons. The lowest BCUT2D eigenvalue weighted by molar-refractivity contribution is -0.137. The lowest BCUT2D eigenvalue weighted by Crippen LogP contribution is -2.42. The molecule has 0 aliphatic heterocycles. The normalized spacial score (nSPS) is 12.0. The number of nitrogens with zero attached hydrogens (tertiary/aromatic N) is 4. The number of amides is 1. The summed E-state index contributed by atoms with van der Waals surface area (Å²) in [5.41, 5.74) is -0.600. The van der Waals surface area contributed by atoms with Gasteiger partial charge in [-0.25, -0.2) is 9.67 Å². The molecule has 0 unspecified atom stereocenters. The van der Waals surface area contributed by atoms with Crippen molar-refractivity contribution in [2.45, 2.75) is 46.0 Å².